The first kappa shape index (κ1) is 19.3. The largest absolute Gasteiger partial charge is 0.496 e. The molecule has 0 unspecified atom stereocenters. The molecular weight excluding hydrogens is 355 g/mol. The lowest BCUT2D eigenvalue weighted by Crippen LogP contribution is -2.29. The van der Waals surface area contributed by atoms with E-state index in [1.165, 1.54) is 19.2 Å². The second kappa shape index (κ2) is 7.89. The van der Waals surface area contributed by atoms with E-state index in [1.54, 1.807) is 6.07 Å². The third-order valence-corrected chi connectivity index (χ3v) is 3.49. The molecule has 0 fully saturated rings. The van der Waals surface area contributed by atoms with E-state index < -0.39 is 23.7 Å². The van der Waals surface area contributed by atoms with E-state index in [4.69, 9.17) is 9.84 Å². The lowest BCUT2D eigenvalue weighted by atomic mass is 10.1. The molecular formula is C16H16F3N3O4. The van der Waals surface area contributed by atoms with Gasteiger partial charge in [-0.25, -0.2) is 4.79 Å². The number of halogens is 3. The molecule has 0 aliphatic carbocycles. The number of hydrogen-bond acceptors (Lipinski definition) is 4. The summed E-state index contributed by atoms with van der Waals surface area (Å²) in [4.78, 5) is 22.7. The lowest BCUT2D eigenvalue weighted by molar-refractivity contribution is -0.141. The van der Waals surface area contributed by atoms with Gasteiger partial charge in [-0.3, -0.25) is 9.48 Å². The van der Waals surface area contributed by atoms with Crippen LogP contribution >= 0.6 is 0 Å². The Bertz CT molecular complexity index is 802. The predicted molar refractivity (Wildman–Crippen MR) is 83.9 cm³/mol. The zero-order valence-corrected chi connectivity index (χ0v) is 13.7. The summed E-state index contributed by atoms with van der Waals surface area (Å²) in [5.74, 6) is -1.20. The number of alkyl halides is 3. The number of hydrogen-bond donors (Lipinski definition) is 2. The Morgan fingerprint density at radius 2 is 2.04 bits per heavy atom. The fourth-order valence-corrected chi connectivity index (χ4v) is 2.22. The van der Waals surface area contributed by atoms with Gasteiger partial charge < -0.3 is 15.2 Å². The highest BCUT2D eigenvalue weighted by Gasteiger charge is 2.33. The number of carboxylic acid groups (broad SMARTS) is 1. The lowest BCUT2D eigenvalue weighted by Gasteiger charge is -2.10. The number of nitrogens with zero attached hydrogens (tertiary/aromatic N) is 2. The van der Waals surface area contributed by atoms with Gasteiger partial charge in [0.2, 0.25) is 5.91 Å². The average Bonchev–Trinajstić information content (AvgIpc) is 3.03. The molecule has 7 nitrogen and oxygen atoms in total. The molecule has 0 atom stereocenters. The first-order valence-corrected chi connectivity index (χ1v) is 7.48. The van der Waals surface area contributed by atoms with Crippen LogP contribution in [-0.2, 0) is 23.9 Å². The highest BCUT2D eigenvalue weighted by atomic mass is 19.4. The van der Waals surface area contributed by atoms with Gasteiger partial charge in [0.25, 0.3) is 0 Å². The number of aromatic carboxylic acids is 1. The number of amides is 1. The van der Waals surface area contributed by atoms with Gasteiger partial charge in [-0.2, -0.15) is 18.3 Å². The molecule has 0 spiro atoms. The van der Waals surface area contributed by atoms with Crippen LogP contribution in [-0.4, -0.2) is 40.4 Å². The molecule has 0 aliphatic rings. The predicted octanol–water partition coefficient (Wildman–Crippen LogP) is 1.97. The molecule has 1 aromatic heterocycles. The molecule has 0 radical (unpaired) electrons. The van der Waals surface area contributed by atoms with Crippen molar-refractivity contribution in [1.29, 1.82) is 0 Å². The number of carbonyl (C=O) groups is 2. The van der Waals surface area contributed by atoms with Crippen LogP contribution in [0.3, 0.4) is 0 Å². The van der Waals surface area contributed by atoms with Crippen LogP contribution in [0.5, 0.6) is 5.75 Å². The number of aromatic nitrogens is 2. The van der Waals surface area contributed by atoms with Crippen LogP contribution in [0.4, 0.5) is 13.2 Å². The van der Waals surface area contributed by atoms with Crippen molar-refractivity contribution in [2.45, 2.75) is 19.1 Å². The Labute approximate surface area is 146 Å². The zero-order chi connectivity index (χ0) is 19.3. The molecule has 2 N–H and O–H groups in total. The molecule has 0 saturated heterocycles. The fraction of sp³-hybridized carbons (Fsp3) is 0.312. The minimum absolute atomic E-state index is 0.0776. The van der Waals surface area contributed by atoms with E-state index in [0.717, 1.165) is 16.9 Å². The number of carbonyl (C=O) groups excluding carboxylic acids is 1. The normalized spacial score (nSPS) is 11.2. The molecule has 1 amide bonds. The Balaban J connectivity index is 1.88. The molecule has 0 bridgehead atoms. The van der Waals surface area contributed by atoms with E-state index in [2.05, 4.69) is 10.4 Å². The first-order valence-electron chi connectivity index (χ1n) is 7.48. The molecule has 1 aromatic carbocycles. The molecule has 10 heteroatoms. The van der Waals surface area contributed by atoms with E-state index >= 15 is 0 Å². The van der Waals surface area contributed by atoms with Gasteiger partial charge >= 0.3 is 12.1 Å². The Morgan fingerprint density at radius 1 is 1.31 bits per heavy atom. The topological polar surface area (TPSA) is 93.5 Å². The van der Waals surface area contributed by atoms with Crippen molar-refractivity contribution in [3.63, 3.8) is 0 Å². The summed E-state index contributed by atoms with van der Waals surface area (Å²) in [5, 5.41) is 14.8. The van der Waals surface area contributed by atoms with Gasteiger partial charge in [0.15, 0.2) is 5.69 Å². The highest BCUT2D eigenvalue weighted by molar-refractivity contribution is 5.88. The van der Waals surface area contributed by atoms with Crippen LogP contribution in [0.25, 0.3) is 0 Å². The van der Waals surface area contributed by atoms with E-state index in [-0.39, 0.29) is 18.7 Å². The summed E-state index contributed by atoms with van der Waals surface area (Å²) in [6, 6.07) is 5.17. The van der Waals surface area contributed by atoms with Crippen LogP contribution in [0.1, 0.15) is 21.6 Å². The van der Waals surface area contributed by atoms with Crippen LogP contribution in [0.2, 0.25) is 0 Å². The smallest absolute Gasteiger partial charge is 0.435 e. The minimum Gasteiger partial charge on any atom is -0.496 e. The van der Waals surface area contributed by atoms with Gasteiger partial charge in [0.1, 0.15) is 12.3 Å². The second-order valence-electron chi connectivity index (χ2n) is 5.33. The van der Waals surface area contributed by atoms with Crippen molar-refractivity contribution in [2.75, 3.05) is 13.7 Å². The summed E-state index contributed by atoms with van der Waals surface area (Å²) in [6.45, 7) is -0.139. The number of carboxylic acids is 1. The quantitative estimate of drug-likeness (QED) is 0.776. The molecule has 0 saturated carbocycles. The highest BCUT2D eigenvalue weighted by Crippen LogP contribution is 2.27. The average molecular weight is 371 g/mol. The number of rotatable bonds is 7. The van der Waals surface area contributed by atoms with E-state index in [9.17, 15) is 22.8 Å². The van der Waals surface area contributed by atoms with Gasteiger partial charge in [0.05, 0.1) is 12.7 Å². The Hall–Kier alpha value is -3.04. The summed E-state index contributed by atoms with van der Waals surface area (Å²) >= 11 is 0. The van der Waals surface area contributed by atoms with Crippen molar-refractivity contribution < 1.29 is 32.6 Å². The summed E-state index contributed by atoms with van der Waals surface area (Å²) < 4.78 is 43.4. The molecule has 1 heterocycles. The molecule has 0 aliphatic heterocycles. The van der Waals surface area contributed by atoms with Crippen molar-refractivity contribution in [3.05, 3.63) is 47.3 Å². The van der Waals surface area contributed by atoms with Gasteiger partial charge in [-0.05, 0) is 30.2 Å². The van der Waals surface area contributed by atoms with Crippen LogP contribution in [0.15, 0.2) is 30.5 Å². The van der Waals surface area contributed by atoms with E-state index in [1.807, 2.05) is 0 Å². The zero-order valence-electron chi connectivity index (χ0n) is 13.7. The van der Waals surface area contributed by atoms with Gasteiger partial charge in [-0.1, -0.05) is 6.07 Å². The number of methoxy groups -OCH3 is 1. The second-order valence-corrected chi connectivity index (χ2v) is 5.33. The van der Waals surface area contributed by atoms with Crippen molar-refractivity contribution in [1.82, 2.24) is 15.1 Å². The number of nitrogens with one attached hydrogen (secondary N) is 1. The summed E-state index contributed by atoms with van der Waals surface area (Å²) in [6.07, 6.45) is -3.11. The molecule has 26 heavy (non-hydrogen) atoms. The van der Waals surface area contributed by atoms with E-state index in [0.29, 0.717) is 17.7 Å². The van der Waals surface area contributed by atoms with Gasteiger partial charge in [0, 0.05) is 12.7 Å². The molecule has 140 valence electrons. The molecule has 2 rings (SSSR count). The third kappa shape index (κ3) is 4.98. The maximum absolute atomic E-state index is 12.5. The number of benzene rings is 1. The summed E-state index contributed by atoms with van der Waals surface area (Å²) in [5.41, 5.74) is -0.293. The SMILES string of the molecule is COc1cc(C(=O)O)ccc1CCNC(=O)Cn1ccc(C(F)(F)F)n1. The van der Waals surface area contributed by atoms with Crippen molar-refractivity contribution >= 4 is 11.9 Å². The minimum atomic E-state index is -4.56. The third-order valence-electron chi connectivity index (χ3n) is 3.49. The van der Waals surface area contributed by atoms with Crippen molar-refractivity contribution in [2.24, 2.45) is 0 Å². The van der Waals surface area contributed by atoms with Crippen molar-refractivity contribution in [3.8, 4) is 5.75 Å². The van der Waals surface area contributed by atoms with Crippen LogP contribution < -0.4 is 10.1 Å². The Kier molecular flexibility index (Phi) is 5.86. The first-order chi connectivity index (χ1) is 12.2. The molecule has 2 aromatic rings. The monoisotopic (exact) mass is 371 g/mol. The number of ether oxygens (including phenoxy) is 1. The Morgan fingerprint density at radius 3 is 2.62 bits per heavy atom. The summed E-state index contributed by atoms with van der Waals surface area (Å²) in [7, 11) is 1.40. The standard InChI is InChI=1S/C16H16F3N3O4/c1-26-12-8-11(15(24)25)3-2-10(12)4-6-20-14(23)9-22-7-5-13(21-22)16(17,18)19/h2-3,5,7-8H,4,6,9H2,1H3,(H,20,23)(H,24,25). The maximum Gasteiger partial charge on any atom is 0.435 e. The fourth-order valence-electron chi connectivity index (χ4n) is 2.22. The van der Waals surface area contributed by atoms with Gasteiger partial charge in [-0.15, -0.1) is 0 Å². The maximum atomic E-state index is 12.5. The van der Waals surface area contributed by atoms with Crippen LogP contribution in [0, 0.1) is 0 Å².